The molecule has 6 nitrogen and oxygen atoms in total. The summed E-state index contributed by atoms with van der Waals surface area (Å²) in [5.74, 6) is -0.0718. The van der Waals surface area contributed by atoms with Gasteiger partial charge in [-0.05, 0) is 49.4 Å². The van der Waals surface area contributed by atoms with E-state index in [0.29, 0.717) is 33.5 Å². The average molecular weight is 385 g/mol. The number of halogens is 2. The molecule has 0 unspecified atom stereocenters. The van der Waals surface area contributed by atoms with Crippen LogP contribution in [0.4, 0.5) is 10.3 Å². The Morgan fingerprint density at radius 3 is 2.70 bits per heavy atom. The van der Waals surface area contributed by atoms with Crippen molar-refractivity contribution in [3.63, 3.8) is 0 Å². The zero-order valence-corrected chi connectivity index (χ0v) is 15.2. The molecule has 27 heavy (non-hydrogen) atoms. The van der Waals surface area contributed by atoms with Gasteiger partial charge in [0.15, 0.2) is 0 Å². The first-order chi connectivity index (χ1) is 12.9. The topological polar surface area (TPSA) is 73.0 Å². The van der Waals surface area contributed by atoms with Crippen LogP contribution in [-0.2, 0) is 7.05 Å². The fourth-order valence-corrected chi connectivity index (χ4v) is 3.06. The van der Waals surface area contributed by atoms with Crippen LogP contribution in [-0.4, -0.2) is 20.6 Å². The standard InChI is InChI=1S/C19H14ClFN4O2/c1-10-16(17(24-27-10)11-3-6-13(21)7-4-11)18(26)23-19-22-14-9-12(20)5-8-15(14)25(19)2/h3-9H,1-2H3,(H,22,23,26). The predicted molar refractivity (Wildman–Crippen MR) is 100 cm³/mol. The van der Waals surface area contributed by atoms with E-state index in [1.165, 1.54) is 12.1 Å². The number of aromatic nitrogens is 3. The van der Waals surface area contributed by atoms with E-state index in [2.05, 4.69) is 15.5 Å². The van der Waals surface area contributed by atoms with Crippen LogP contribution in [0, 0.1) is 12.7 Å². The number of carbonyl (C=O) groups is 1. The second-order valence-electron chi connectivity index (χ2n) is 6.05. The van der Waals surface area contributed by atoms with Crippen molar-refractivity contribution >= 4 is 34.5 Å². The summed E-state index contributed by atoms with van der Waals surface area (Å²) in [6.45, 7) is 1.64. The highest BCUT2D eigenvalue weighted by Gasteiger charge is 2.23. The Bertz CT molecular complexity index is 1160. The first-order valence-electron chi connectivity index (χ1n) is 8.09. The fraction of sp³-hybridized carbons (Fsp3) is 0.105. The van der Waals surface area contributed by atoms with Crippen molar-refractivity contribution in [2.24, 2.45) is 7.05 Å². The maximum absolute atomic E-state index is 13.2. The van der Waals surface area contributed by atoms with Gasteiger partial charge in [-0.1, -0.05) is 16.8 Å². The van der Waals surface area contributed by atoms with Crippen molar-refractivity contribution in [2.75, 3.05) is 5.32 Å². The molecule has 4 aromatic rings. The maximum atomic E-state index is 13.2. The van der Waals surface area contributed by atoms with Gasteiger partial charge in [0.25, 0.3) is 5.91 Å². The number of benzene rings is 2. The van der Waals surface area contributed by atoms with Crippen molar-refractivity contribution in [3.8, 4) is 11.3 Å². The lowest BCUT2D eigenvalue weighted by Gasteiger charge is -2.06. The van der Waals surface area contributed by atoms with Crippen molar-refractivity contribution in [3.05, 3.63) is 64.6 Å². The first-order valence-corrected chi connectivity index (χ1v) is 8.47. The number of rotatable bonds is 3. The van der Waals surface area contributed by atoms with Crippen LogP contribution in [0.1, 0.15) is 16.1 Å². The minimum absolute atomic E-state index is 0.270. The Balaban J connectivity index is 1.71. The molecule has 0 bridgehead atoms. The highest BCUT2D eigenvalue weighted by molar-refractivity contribution is 6.31. The molecule has 0 saturated heterocycles. The molecule has 8 heteroatoms. The molecule has 0 fully saturated rings. The summed E-state index contributed by atoms with van der Waals surface area (Å²) in [5.41, 5.74) is 2.69. The minimum Gasteiger partial charge on any atom is -0.360 e. The van der Waals surface area contributed by atoms with Crippen molar-refractivity contribution in [2.45, 2.75) is 6.92 Å². The minimum atomic E-state index is -0.419. The summed E-state index contributed by atoms with van der Waals surface area (Å²) >= 11 is 6.00. The number of nitrogens with zero attached hydrogens (tertiary/aromatic N) is 3. The normalized spacial score (nSPS) is 11.1. The van der Waals surface area contributed by atoms with Gasteiger partial charge >= 0.3 is 0 Å². The van der Waals surface area contributed by atoms with Gasteiger partial charge in [-0.3, -0.25) is 10.1 Å². The van der Waals surface area contributed by atoms with Crippen LogP contribution in [0.3, 0.4) is 0 Å². The molecule has 2 heterocycles. The lowest BCUT2D eigenvalue weighted by molar-refractivity contribution is 0.102. The smallest absolute Gasteiger partial charge is 0.263 e. The number of hydrogen-bond acceptors (Lipinski definition) is 4. The molecule has 0 spiro atoms. The van der Waals surface area contributed by atoms with E-state index in [4.69, 9.17) is 16.1 Å². The van der Waals surface area contributed by atoms with Crippen LogP contribution in [0.25, 0.3) is 22.3 Å². The Labute approximate surface area is 158 Å². The SMILES string of the molecule is Cc1onc(-c2ccc(F)cc2)c1C(=O)Nc1nc2cc(Cl)ccc2n1C. The predicted octanol–water partition coefficient (Wildman–Crippen LogP) is 4.58. The maximum Gasteiger partial charge on any atom is 0.263 e. The molecule has 0 radical (unpaired) electrons. The Kier molecular flexibility index (Phi) is 4.16. The van der Waals surface area contributed by atoms with Crippen LogP contribution >= 0.6 is 11.6 Å². The summed E-state index contributed by atoms with van der Waals surface area (Å²) in [6.07, 6.45) is 0. The zero-order chi connectivity index (χ0) is 19.1. The number of fused-ring (bicyclic) bond motifs is 1. The molecular weight excluding hydrogens is 371 g/mol. The number of aryl methyl sites for hydroxylation is 2. The van der Waals surface area contributed by atoms with Crippen LogP contribution in [0.2, 0.25) is 5.02 Å². The summed E-state index contributed by atoms with van der Waals surface area (Å²) in [4.78, 5) is 17.3. The molecule has 1 N–H and O–H groups in total. The zero-order valence-electron chi connectivity index (χ0n) is 14.5. The van der Waals surface area contributed by atoms with Crippen molar-refractivity contribution < 1.29 is 13.7 Å². The van der Waals surface area contributed by atoms with Gasteiger partial charge in [-0.25, -0.2) is 9.37 Å². The van der Waals surface area contributed by atoms with E-state index in [-0.39, 0.29) is 11.4 Å². The Morgan fingerprint density at radius 1 is 1.22 bits per heavy atom. The summed E-state index contributed by atoms with van der Waals surface area (Å²) < 4.78 is 20.1. The van der Waals surface area contributed by atoms with Gasteiger partial charge in [-0.2, -0.15) is 0 Å². The number of imidazole rings is 1. The van der Waals surface area contributed by atoms with E-state index in [1.54, 1.807) is 42.8 Å². The van der Waals surface area contributed by atoms with Crippen molar-refractivity contribution in [1.82, 2.24) is 14.7 Å². The highest BCUT2D eigenvalue weighted by atomic mass is 35.5. The van der Waals surface area contributed by atoms with E-state index in [9.17, 15) is 9.18 Å². The third-order valence-corrected chi connectivity index (χ3v) is 4.51. The van der Waals surface area contributed by atoms with Gasteiger partial charge in [0, 0.05) is 17.6 Å². The molecular formula is C19H14ClFN4O2. The molecule has 0 aliphatic carbocycles. The van der Waals surface area contributed by atoms with Gasteiger partial charge in [-0.15, -0.1) is 0 Å². The molecule has 0 atom stereocenters. The molecule has 136 valence electrons. The molecule has 0 saturated carbocycles. The fourth-order valence-electron chi connectivity index (χ4n) is 2.89. The third kappa shape index (κ3) is 3.06. The Morgan fingerprint density at radius 2 is 1.96 bits per heavy atom. The summed E-state index contributed by atoms with van der Waals surface area (Å²) in [6, 6.07) is 11.0. The third-order valence-electron chi connectivity index (χ3n) is 4.28. The molecule has 4 rings (SSSR count). The second-order valence-corrected chi connectivity index (χ2v) is 6.49. The van der Waals surface area contributed by atoms with E-state index < -0.39 is 5.91 Å². The molecule has 0 aliphatic heterocycles. The quantitative estimate of drug-likeness (QED) is 0.561. The second kappa shape index (κ2) is 6.51. The van der Waals surface area contributed by atoms with Crippen molar-refractivity contribution in [1.29, 1.82) is 0 Å². The van der Waals surface area contributed by atoms with Gasteiger partial charge < -0.3 is 9.09 Å². The summed E-state index contributed by atoms with van der Waals surface area (Å²) in [5, 5.41) is 7.29. The van der Waals surface area contributed by atoms with Gasteiger partial charge in [0.05, 0.1) is 11.0 Å². The summed E-state index contributed by atoms with van der Waals surface area (Å²) in [7, 11) is 1.79. The van der Waals surface area contributed by atoms with E-state index in [1.807, 2.05) is 6.07 Å². The van der Waals surface area contributed by atoms with E-state index >= 15 is 0 Å². The monoisotopic (exact) mass is 384 g/mol. The lowest BCUT2D eigenvalue weighted by atomic mass is 10.1. The van der Waals surface area contributed by atoms with Crippen LogP contribution in [0.15, 0.2) is 47.0 Å². The van der Waals surface area contributed by atoms with Gasteiger partial charge in [0.1, 0.15) is 22.8 Å². The van der Waals surface area contributed by atoms with E-state index in [0.717, 1.165) is 5.52 Å². The number of carbonyl (C=O) groups excluding carboxylic acids is 1. The molecule has 0 aliphatic rings. The average Bonchev–Trinajstić information content (AvgIpc) is 3.16. The first kappa shape index (κ1) is 17.2. The highest BCUT2D eigenvalue weighted by Crippen LogP contribution is 2.27. The number of hydrogen-bond donors (Lipinski definition) is 1. The lowest BCUT2D eigenvalue weighted by Crippen LogP contribution is -2.16. The molecule has 1 amide bonds. The van der Waals surface area contributed by atoms with Crippen LogP contribution < -0.4 is 5.32 Å². The van der Waals surface area contributed by atoms with Gasteiger partial charge in [0.2, 0.25) is 5.95 Å². The molecule has 2 aromatic carbocycles. The largest absolute Gasteiger partial charge is 0.360 e. The molecule has 2 aromatic heterocycles. The number of anilines is 1. The number of amides is 1. The Hall–Kier alpha value is -3.19. The number of nitrogens with one attached hydrogen (secondary N) is 1. The van der Waals surface area contributed by atoms with Crippen LogP contribution in [0.5, 0.6) is 0 Å².